The summed E-state index contributed by atoms with van der Waals surface area (Å²) < 4.78 is 22.0. The molecule has 28 heavy (non-hydrogen) atoms. The number of carbonyl (C=O) groups is 1. The van der Waals surface area contributed by atoms with Crippen molar-refractivity contribution in [3.8, 4) is 5.69 Å². The van der Waals surface area contributed by atoms with Gasteiger partial charge in [0, 0.05) is 23.9 Å². The molecule has 0 spiro atoms. The second kappa shape index (κ2) is 7.96. The minimum Gasteiger partial charge on any atom is -0.466 e. The van der Waals surface area contributed by atoms with Crippen molar-refractivity contribution >= 4 is 17.0 Å². The van der Waals surface area contributed by atoms with Gasteiger partial charge in [-0.05, 0) is 57.9 Å². The van der Waals surface area contributed by atoms with Crippen molar-refractivity contribution in [3.63, 3.8) is 0 Å². The third kappa shape index (κ3) is 3.44. The highest BCUT2D eigenvalue weighted by Crippen LogP contribution is 2.26. The van der Waals surface area contributed by atoms with E-state index in [1.54, 1.807) is 28.3 Å². The lowest BCUT2D eigenvalue weighted by atomic mass is 10.0. The van der Waals surface area contributed by atoms with Gasteiger partial charge in [-0.1, -0.05) is 6.07 Å². The Labute approximate surface area is 162 Å². The second-order valence-electron chi connectivity index (χ2n) is 6.63. The molecule has 2 aromatic heterocycles. The van der Waals surface area contributed by atoms with Gasteiger partial charge in [-0.25, -0.2) is 9.07 Å². The van der Waals surface area contributed by atoms with Gasteiger partial charge in [0.1, 0.15) is 11.5 Å². The molecule has 0 aliphatic carbocycles. The van der Waals surface area contributed by atoms with Crippen molar-refractivity contribution in [2.45, 2.75) is 47.1 Å². The highest BCUT2D eigenvalue weighted by atomic mass is 19.1. The number of hydrogen-bond acceptors (Lipinski definition) is 4. The molecule has 0 aliphatic rings. The Balaban J connectivity index is 2.22. The maximum absolute atomic E-state index is 13.8. The molecule has 7 heteroatoms. The molecule has 0 unspecified atom stereocenters. The van der Waals surface area contributed by atoms with Crippen LogP contribution in [0.25, 0.3) is 16.7 Å². The average Bonchev–Trinajstić information content (AvgIpc) is 2.99. The zero-order valence-electron chi connectivity index (χ0n) is 16.6. The number of aromatic nitrogens is 3. The number of ether oxygens (including phenoxy) is 1. The Morgan fingerprint density at radius 2 is 2.00 bits per heavy atom. The Morgan fingerprint density at radius 1 is 1.25 bits per heavy atom. The van der Waals surface area contributed by atoms with Crippen LogP contribution in [0.2, 0.25) is 0 Å². The van der Waals surface area contributed by atoms with Gasteiger partial charge in [0.25, 0.3) is 5.56 Å². The van der Waals surface area contributed by atoms with E-state index in [0.717, 1.165) is 16.6 Å². The van der Waals surface area contributed by atoms with Crippen molar-refractivity contribution < 1.29 is 13.9 Å². The van der Waals surface area contributed by atoms with E-state index in [9.17, 15) is 14.0 Å². The van der Waals surface area contributed by atoms with Crippen LogP contribution in [-0.2, 0) is 22.5 Å². The standard InChI is InChI=1S/C21H24FN3O3/c1-5-24-20-19(13(3)17(21(24)27)10-11-18(26)28-6-2)14(4)23-25(20)16-9-7-8-15(22)12-16/h7-9,12H,5-6,10-11H2,1-4H3. The lowest BCUT2D eigenvalue weighted by molar-refractivity contribution is -0.143. The number of carbonyl (C=O) groups excluding carboxylic acids is 1. The Morgan fingerprint density at radius 3 is 2.64 bits per heavy atom. The fourth-order valence-electron chi connectivity index (χ4n) is 3.61. The van der Waals surface area contributed by atoms with E-state index in [0.29, 0.717) is 36.5 Å². The van der Waals surface area contributed by atoms with Gasteiger partial charge in [-0.2, -0.15) is 5.10 Å². The molecule has 0 saturated carbocycles. The summed E-state index contributed by atoms with van der Waals surface area (Å²) in [6, 6.07) is 6.12. The fourth-order valence-corrected chi connectivity index (χ4v) is 3.61. The molecule has 0 atom stereocenters. The Kier molecular flexibility index (Phi) is 5.63. The SMILES string of the molecule is CCOC(=O)CCc1c(C)c2c(C)nn(-c3cccc(F)c3)c2n(CC)c1=O. The lowest BCUT2D eigenvalue weighted by Gasteiger charge is -2.14. The van der Waals surface area contributed by atoms with E-state index in [2.05, 4.69) is 5.10 Å². The highest BCUT2D eigenvalue weighted by Gasteiger charge is 2.21. The van der Waals surface area contributed by atoms with Crippen LogP contribution < -0.4 is 5.56 Å². The molecule has 0 radical (unpaired) electrons. The first-order valence-corrected chi connectivity index (χ1v) is 9.42. The second-order valence-corrected chi connectivity index (χ2v) is 6.63. The van der Waals surface area contributed by atoms with Gasteiger partial charge in [-0.15, -0.1) is 0 Å². The summed E-state index contributed by atoms with van der Waals surface area (Å²) in [6.45, 7) is 8.12. The number of benzene rings is 1. The van der Waals surface area contributed by atoms with Gasteiger partial charge in [0.15, 0.2) is 0 Å². The Hall–Kier alpha value is -2.96. The number of fused-ring (bicyclic) bond motifs is 1. The molecule has 3 rings (SSSR count). The molecule has 148 valence electrons. The molecule has 0 aliphatic heterocycles. The molecule has 0 saturated heterocycles. The molecule has 2 heterocycles. The van der Waals surface area contributed by atoms with Crippen molar-refractivity contribution in [3.05, 3.63) is 57.3 Å². The van der Waals surface area contributed by atoms with Gasteiger partial charge < -0.3 is 4.74 Å². The van der Waals surface area contributed by atoms with E-state index in [4.69, 9.17) is 4.74 Å². The minimum atomic E-state index is -0.369. The first-order valence-electron chi connectivity index (χ1n) is 9.42. The van der Waals surface area contributed by atoms with Crippen LogP contribution in [0.1, 0.15) is 37.1 Å². The molecule has 0 N–H and O–H groups in total. The van der Waals surface area contributed by atoms with E-state index in [-0.39, 0.29) is 23.8 Å². The van der Waals surface area contributed by atoms with Crippen LogP contribution in [0, 0.1) is 19.7 Å². The minimum absolute atomic E-state index is 0.149. The summed E-state index contributed by atoms with van der Waals surface area (Å²) in [7, 11) is 0. The third-order valence-electron chi connectivity index (χ3n) is 4.88. The zero-order chi connectivity index (χ0) is 20.4. The third-order valence-corrected chi connectivity index (χ3v) is 4.88. The van der Waals surface area contributed by atoms with E-state index in [1.807, 2.05) is 20.8 Å². The quantitative estimate of drug-likeness (QED) is 0.610. The average molecular weight is 385 g/mol. The molecule has 3 aromatic rings. The van der Waals surface area contributed by atoms with Crippen molar-refractivity contribution in [2.24, 2.45) is 0 Å². The number of hydrogen-bond donors (Lipinski definition) is 0. The van der Waals surface area contributed by atoms with Crippen LogP contribution in [0.15, 0.2) is 29.1 Å². The number of nitrogens with zero attached hydrogens (tertiary/aromatic N) is 3. The summed E-state index contributed by atoms with van der Waals surface area (Å²) >= 11 is 0. The predicted octanol–water partition coefficient (Wildman–Crippen LogP) is 3.46. The number of halogens is 1. The largest absolute Gasteiger partial charge is 0.466 e. The van der Waals surface area contributed by atoms with Crippen molar-refractivity contribution in [1.29, 1.82) is 0 Å². The van der Waals surface area contributed by atoms with Crippen molar-refractivity contribution in [2.75, 3.05) is 6.61 Å². The smallest absolute Gasteiger partial charge is 0.306 e. The predicted molar refractivity (Wildman–Crippen MR) is 105 cm³/mol. The van der Waals surface area contributed by atoms with Gasteiger partial charge >= 0.3 is 5.97 Å². The van der Waals surface area contributed by atoms with Crippen LogP contribution in [-0.4, -0.2) is 26.9 Å². The summed E-state index contributed by atoms with van der Waals surface area (Å²) in [4.78, 5) is 24.9. The first kappa shape index (κ1) is 19.8. The normalized spacial score (nSPS) is 11.2. The summed E-state index contributed by atoms with van der Waals surface area (Å²) in [5.74, 6) is -0.691. The number of aryl methyl sites for hydroxylation is 3. The molecular weight excluding hydrogens is 361 g/mol. The van der Waals surface area contributed by atoms with Crippen LogP contribution >= 0.6 is 0 Å². The van der Waals surface area contributed by atoms with Crippen LogP contribution in [0.5, 0.6) is 0 Å². The van der Waals surface area contributed by atoms with E-state index in [1.165, 1.54) is 12.1 Å². The number of pyridine rings is 1. The fraction of sp³-hybridized carbons (Fsp3) is 0.381. The van der Waals surface area contributed by atoms with E-state index >= 15 is 0 Å². The van der Waals surface area contributed by atoms with Crippen molar-refractivity contribution in [1.82, 2.24) is 14.3 Å². The summed E-state index contributed by atoms with van der Waals surface area (Å²) in [5.41, 5.74) is 3.16. The summed E-state index contributed by atoms with van der Waals surface area (Å²) in [5, 5.41) is 5.43. The van der Waals surface area contributed by atoms with Gasteiger partial charge in [0.05, 0.1) is 18.0 Å². The molecule has 0 amide bonds. The zero-order valence-corrected chi connectivity index (χ0v) is 16.6. The van der Waals surface area contributed by atoms with E-state index < -0.39 is 0 Å². The maximum atomic E-state index is 13.8. The molecule has 6 nitrogen and oxygen atoms in total. The molecule has 1 aromatic carbocycles. The summed E-state index contributed by atoms with van der Waals surface area (Å²) in [6.07, 6.45) is 0.459. The molecule has 0 bridgehead atoms. The first-order chi connectivity index (χ1) is 13.4. The molecular formula is C21H24FN3O3. The molecule has 0 fully saturated rings. The number of esters is 1. The topological polar surface area (TPSA) is 66.1 Å². The lowest BCUT2D eigenvalue weighted by Crippen LogP contribution is -2.26. The maximum Gasteiger partial charge on any atom is 0.306 e. The Bertz CT molecular complexity index is 1100. The van der Waals surface area contributed by atoms with Gasteiger partial charge in [-0.3, -0.25) is 14.2 Å². The van der Waals surface area contributed by atoms with Crippen LogP contribution in [0.4, 0.5) is 4.39 Å². The monoisotopic (exact) mass is 385 g/mol. The van der Waals surface area contributed by atoms with Crippen LogP contribution in [0.3, 0.4) is 0 Å². The highest BCUT2D eigenvalue weighted by molar-refractivity contribution is 5.85. The number of rotatable bonds is 6. The van der Waals surface area contributed by atoms with Gasteiger partial charge in [0.2, 0.25) is 0 Å².